The molecule has 24 heavy (non-hydrogen) atoms. The van der Waals surface area contributed by atoms with Gasteiger partial charge in [-0.05, 0) is 26.0 Å². The lowest BCUT2D eigenvalue weighted by Crippen LogP contribution is -2.29. The molecule has 0 fully saturated rings. The fourth-order valence-corrected chi connectivity index (χ4v) is 3.55. The maximum atomic E-state index is 13.9. The van der Waals surface area contributed by atoms with Crippen molar-refractivity contribution in [3.63, 3.8) is 0 Å². The van der Waals surface area contributed by atoms with Gasteiger partial charge in [0.1, 0.15) is 16.5 Å². The number of nitrogens with one attached hydrogen (secondary N) is 1. The average Bonchev–Trinajstić information content (AvgIpc) is 2.93. The van der Waals surface area contributed by atoms with Crippen molar-refractivity contribution in [2.45, 2.75) is 31.3 Å². The van der Waals surface area contributed by atoms with Crippen molar-refractivity contribution in [1.29, 1.82) is 0 Å². The molecule has 7 nitrogen and oxygen atoms in total. The third-order valence-corrected chi connectivity index (χ3v) is 5.07. The molecule has 0 aliphatic carbocycles. The molecule has 0 saturated carbocycles. The van der Waals surface area contributed by atoms with E-state index in [1.54, 1.807) is 11.5 Å². The molecule has 0 spiro atoms. The van der Waals surface area contributed by atoms with Gasteiger partial charge in [-0.1, -0.05) is 16.7 Å². The Morgan fingerprint density at radius 1 is 1.33 bits per heavy atom. The number of ether oxygens (including phenoxy) is 1. The summed E-state index contributed by atoms with van der Waals surface area (Å²) in [7, 11) is -2.94. The average molecular weight is 381 g/mol. The Morgan fingerprint density at radius 3 is 2.58 bits per heavy atom. The van der Waals surface area contributed by atoms with E-state index in [1.165, 1.54) is 14.0 Å². The summed E-state index contributed by atoms with van der Waals surface area (Å²) < 4.78 is 60.8. The van der Waals surface area contributed by atoms with Gasteiger partial charge in [-0.3, -0.25) is 4.57 Å². The van der Waals surface area contributed by atoms with E-state index in [0.717, 1.165) is 0 Å². The van der Waals surface area contributed by atoms with Gasteiger partial charge < -0.3 is 4.74 Å². The second-order valence-corrected chi connectivity index (χ2v) is 6.92. The van der Waals surface area contributed by atoms with Gasteiger partial charge in [0.2, 0.25) is 10.0 Å². The molecule has 1 aromatic carbocycles. The maximum Gasteiger partial charge on any atom is 0.316 e. The first-order valence-electron chi connectivity index (χ1n) is 6.85. The van der Waals surface area contributed by atoms with Crippen LogP contribution < -0.4 is 9.46 Å². The lowest BCUT2D eigenvalue weighted by molar-refractivity contribution is 0.354. The zero-order valence-electron chi connectivity index (χ0n) is 13.0. The van der Waals surface area contributed by atoms with Crippen LogP contribution in [0.3, 0.4) is 0 Å². The van der Waals surface area contributed by atoms with E-state index in [0.29, 0.717) is 18.7 Å². The van der Waals surface area contributed by atoms with Gasteiger partial charge in [0.25, 0.3) is 0 Å². The molecule has 0 radical (unpaired) electrons. The Kier molecular flexibility index (Phi) is 5.41. The van der Waals surface area contributed by atoms with E-state index in [1.807, 2.05) is 0 Å². The summed E-state index contributed by atoms with van der Waals surface area (Å²) in [5.74, 6) is -1.92. The van der Waals surface area contributed by atoms with Crippen molar-refractivity contribution in [3.8, 4) is 6.01 Å². The van der Waals surface area contributed by atoms with Gasteiger partial charge in [0.05, 0.1) is 18.2 Å². The highest BCUT2D eigenvalue weighted by molar-refractivity contribution is 7.89. The first kappa shape index (κ1) is 18.6. The van der Waals surface area contributed by atoms with E-state index in [-0.39, 0.29) is 11.8 Å². The van der Waals surface area contributed by atoms with Crippen LogP contribution in [0.1, 0.15) is 25.7 Å². The van der Waals surface area contributed by atoms with Crippen molar-refractivity contribution in [2.24, 2.45) is 0 Å². The zero-order chi connectivity index (χ0) is 18.1. The van der Waals surface area contributed by atoms with Gasteiger partial charge >= 0.3 is 6.01 Å². The summed E-state index contributed by atoms with van der Waals surface area (Å²) in [4.78, 5) is -0.842. The number of aromatic nitrogens is 3. The molecule has 0 saturated heterocycles. The molecule has 0 bridgehead atoms. The number of hydrogen-bond donors (Lipinski definition) is 1. The molecule has 0 amide bonds. The lowest BCUT2D eigenvalue weighted by Gasteiger charge is -2.15. The second kappa shape index (κ2) is 6.99. The standard InChI is InChI=1S/C13H15ClF2N4O3S/c1-4-20-12(17-18-13(20)23-3)7(2)19-24(21,22)11-6-9(15)8(14)5-10(11)16/h5-7,19H,4H2,1-3H3/t7-/m1/s1. The largest absolute Gasteiger partial charge is 0.467 e. The number of sulfonamides is 1. The summed E-state index contributed by atoms with van der Waals surface area (Å²) in [5.41, 5.74) is 0. The van der Waals surface area contributed by atoms with Crippen LogP contribution in [0.2, 0.25) is 5.02 Å². The minimum Gasteiger partial charge on any atom is -0.467 e. The molecule has 2 rings (SSSR count). The molecule has 132 valence electrons. The molecular weight excluding hydrogens is 366 g/mol. The molecule has 0 aliphatic rings. The molecule has 1 N–H and O–H groups in total. The van der Waals surface area contributed by atoms with E-state index >= 15 is 0 Å². The van der Waals surface area contributed by atoms with E-state index in [2.05, 4.69) is 14.9 Å². The van der Waals surface area contributed by atoms with Crippen molar-refractivity contribution < 1.29 is 21.9 Å². The Balaban J connectivity index is 2.36. The summed E-state index contributed by atoms with van der Waals surface area (Å²) in [6, 6.07) is 0.484. The third-order valence-electron chi connectivity index (χ3n) is 3.23. The van der Waals surface area contributed by atoms with Gasteiger partial charge in [-0.25, -0.2) is 21.9 Å². The molecule has 1 heterocycles. The highest BCUT2D eigenvalue weighted by atomic mass is 35.5. The summed E-state index contributed by atoms with van der Waals surface area (Å²) in [6.07, 6.45) is 0. The van der Waals surface area contributed by atoms with Crippen LogP contribution in [0.25, 0.3) is 0 Å². The molecule has 0 unspecified atom stereocenters. The van der Waals surface area contributed by atoms with Crippen molar-refractivity contribution >= 4 is 21.6 Å². The predicted molar refractivity (Wildman–Crippen MR) is 82.4 cm³/mol. The SMILES string of the molecule is CCn1c(OC)nnc1[C@@H](C)NS(=O)(=O)c1cc(F)c(Cl)cc1F. The monoisotopic (exact) mass is 380 g/mol. The Morgan fingerprint density at radius 2 is 2.00 bits per heavy atom. The predicted octanol–water partition coefficient (Wildman–Crippen LogP) is 2.28. The Labute approximate surface area is 142 Å². The van der Waals surface area contributed by atoms with Crippen LogP contribution in [0, 0.1) is 11.6 Å². The van der Waals surface area contributed by atoms with Crippen LogP contribution in [0.4, 0.5) is 8.78 Å². The maximum absolute atomic E-state index is 13.9. The van der Waals surface area contributed by atoms with Gasteiger partial charge in [-0.2, -0.15) is 0 Å². The summed E-state index contributed by atoms with van der Waals surface area (Å²) >= 11 is 5.43. The quantitative estimate of drug-likeness (QED) is 0.777. The van der Waals surface area contributed by atoms with Crippen LogP contribution in [0.5, 0.6) is 6.01 Å². The molecule has 2 aromatic rings. The first-order valence-corrected chi connectivity index (χ1v) is 8.71. The highest BCUT2D eigenvalue weighted by Gasteiger charge is 2.27. The summed E-state index contributed by atoms with van der Waals surface area (Å²) in [6.45, 7) is 3.73. The molecule has 1 aromatic heterocycles. The molecule has 0 aliphatic heterocycles. The van der Waals surface area contributed by atoms with Gasteiger partial charge in [0.15, 0.2) is 5.82 Å². The number of hydrogen-bond acceptors (Lipinski definition) is 5. The Hall–Kier alpha value is -1.78. The van der Waals surface area contributed by atoms with Crippen molar-refractivity contribution in [3.05, 3.63) is 34.6 Å². The van der Waals surface area contributed by atoms with Crippen LogP contribution >= 0.6 is 11.6 Å². The van der Waals surface area contributed by atoms with Crippen LogP contribution in [0.15, 0.2) is 17.0 Å². The minimum absolute atomic E-state index is 0.210. The topological polar surface area (TPSA) is 86.1 Å². The first-order chi connectivity index (χ1) is 11.2. The fourth-order valence-electron chi connectivity index (χ4n) is 2.13. The molecule has 1 atom stereocenters. The smallest absolute Gasteiger partial charge is 0.316 e. The van der Waals surface area contributed by atoms with E-state index < -0.39 is 37.6 Å². The van der Waals surface area contributed by atoms with Crippen molar-refractivity contribution in [2.75, 3.05) is 7.11 Å². The van der Waals surface area contributed by atoms with E-state index in [9.17, 15) is 17.2 Å². The minimum atomic E-state index is -4.35. The summed E-state index contributed by atoms with van der Waals surface area (Å²) in [5, 5.41) is 7.13. The van der Waals surface area contributed by atoms with E-state index in [4.69, 9.17) is 16.3 Å². The second-order valence-electron chi connectivity index (χ2n) is 4.83. The number of halogens is 3. The normalized spacial score (nSPS) is 13.1. The number of methoxy groups -OCH3 is 1. The number of benzene rings is 1. The van der Waals surface area contributed by atoms with Crippen LogP contribution in [-0.2, 0) is 16.6 Å². The van der Waals surface area contributed by atoms with Gasteiger partial charge in [0, 0.05) is 6.54 Å². The Bertz CT molecular complexity index is 857. The lowest BCUT2D eigenvalue weighted by atomic mass is 10.3. The number of rotatable bonds is 6. The zero-order valence-corrected chi connectivity index (χ0v) is 14.6. The van der Waals surface area contributed by atoms with Crippen molar-refractivity contribution in [1.82, 2.24) is 19.5 Å². The number of nitrogens with zero attached hydrogens (tertiary/aromatic N) is 3. The molecular formula is C13H15ClF2N4O3S. The molecule has 11 heteroatoms. The highest BCUT2D eigenvalue weighted by Crippen LogP contribution is 2.24. The van der Waals surface area contributed by atoms with Crippen LogP contribution in [-0.4, -0.2) is 30.3 Å². The third kappa shape index (κ3) is 3.50. The van der Waals surface area contributed by atoms with Gasteiger partial charge in [-0.15, -0.1) is 5.10 Å². The fraction of sp³-hybridized carbons (Fsp3) is 0.385.